The first-order chi connectivity index (χ1) is 47.8. The number of oxime groups is 1. The normalized spacial score (nSPS) is 17.6. The van der Waals surface area contributed by atoms with E-state index in [1.54, 1.807) is 45.0 Å². The lowest BCUT2D eigenvalue weighted by Gasteiger charge is -2.18. The zero-order chi connectivity index (χ0) is 69.4. The van der Waals surface area contributed by atoms with Gasteiger partial charge in [-0.15, -0.1) is 0 Å². The molecular formula is C77H102N10O11. The molecule has 1 amide bonds. The Morgan fingerprint density at radius 3 is 1.15 bits per heavy atom. The van der Waals surface area contributed by atoms with Gasteiger partial charge in [-0.25, -0.2) is 19.2 Å². The van der Waals surface area contributed by atoms with E-state index in [1.807, 2.05) is 60.7 Å². The van der Waals surface area contributed by atoms with Crippen molar-refractivity contribution in [2.75, 3.05) is 141 Å². The topological polar surface area (TPSA) is 259 Å². The largest absolute Gasteiger partial charge is 0.465 e. The van der Waals surface area contributed by atoms with Crippen molar-refractivity contribution in [2.24, 2.45) is 16.6 Å². The van der Waals surface area contributed by atoms with Gasteiger partial charge in [0.25, 0.3) is 5.78 Å². The first-order valence-corrected chi connectivity index (χ1v) is 35.2. The minimum atomic E-state index is -0.786. The van der Waals surface area contributed by atoms with Gasteiger partial charge < -0.3 is 75.4 Å². The molecule has 98 heavy (non-hydrogen) atoms. The Balaban J connectivity index is 0.000000151. The number of nitrogens with zero attached hydrogens (tertiary/aromatic N) is 7. The SMILES string of the molecule is CCOC(=O)/C(=N\O)c1ccc(N2CCCC2)cc1.CCOC(=O)C(=O)c1ccc(N2CCCC2)cc1.CCOC(=O)C(N)c1ccc(N2CCCC2)cc1.NC(CO)c1ccc(N2CCCC2)cc1.O=C1NC(c2ccc(N3CCCC3)cc2)CO1.c1ccc(N2CCCC2)cc1. The van der Waals surface area contributed by atoms with Crippen LogP contribution in [-0.2, 0) is 33.3 Å². The Bertz CT molecular complexity index is 3380. The van der Waals surface area contributed by atoms with Crippen LogP contribution in [-0.4, -0.2) is 157 Å². The van der Waals surface area contributed by atoms with Crippen LogP contribution >= 0.6 is 0 Å². The maximum absolute atomic E-state index is 11.7. The molecular weight excluding hydrogens is 1240 g/mol. The van der Waals surface area contributed by atoms with Crippen LogP contribution in [0.3, 0.4) is 0 Å². The molecule has 0 radical (unpaired) electrons. The number of para-hydroxylation sites is 1. The van der Waals surface area contributed by atoms with Crippen molar-refractivity contribution < 1.29 is 53.2 Å². The molecule has 0 spiro atoms. The van der Waals surface area contributed by atoms with Crippen LogP contribution < -0.4 is 46.2 Å². The monoisotopic (exact) mass is 1340 g/mol. The van der Waals surface area contributed by atoms with Gasteiger partial charge in [-0.2, -0.15) is 0 Å². The molecule has 0 bridgehead atoms. The van der Waals surface area contributed by atoms with Crippen molar-refractivity contribution in [3.8, 4) is 0 Å². The second-order valence-electron chi connectivity index (χ2n) is 24.9. The summed E-state index contributed by atoms with van der Waals surface area (Å²) in [6, 6.07) is 48.8. The number of benzene rings is 6. The van der Waals surface area contributed by atoms with Crippen LogP contribution in [0.2, 0.25) is 0 Å². The minimum Gasteiger partial charge on any atom is -0.465 e. The summed E-state index contributed by atoms with van der Waals surface area (Å²) in [4.78, 5) is 71.2. The average Bonchev–Trinajstić information content (AvgIpc) is 1.34. The fourth-order valence-electron chi connectivity index (χ4n) is 12.7. The molecule has 526 valence electrons. The predicted molar refractivity (Wildman–Crippen MR) is 388 cm³/mol. The molecule has 6 aromatic rings. The molecule has 21 heteroatoms. The Morgan fingerprint density at radius 1 is 0.469 bits per heavy atom. The molecule has 7 N–H and O–H groups in total. The summed E-state index contributed by atoms with van der Waals surface area (Å²) in [5, 5.41) is 23.7. The maximum Gasteiger partial charge on any atom is 0.407 e. The standard InChI is InChI=1S/C14H18N2O3.C14H20N2O2.C14H17NO3.C13H16N2O2.C12H18N2O.C10H13N/c1-2-19-14(17)13(15-18)11-5-7-12(8-6-11)16-9-3-4-10-16;1-2-18-14(17)13(15)11-5-7-12(8-6-11)16-9-3-4-10-16;1-2-18-14(17)13(16)11-5-7-12(8-6-11)15-9-3-4-10-15;16-13-14-12(9-17-13)10-3-5-11(6-4-10)15-7-1-2-8-15;13-12(9-15)10-3-5-11(6-4-10)14-7-1-2-8-14;1-2-6-10(7-3-1)11-8-4-5-9-11/h5-8,18H,2-4,9-10H2,1H3;5-8,13H,2-4,9-10,15H2,1H3;5-8H,2-4,9-10H2,1H3;3-6,12H,1-2,7-9H2,(H,14,16);3-6,12,15H,1-2,7-9,13H2;1-3,6-7H,4-5,8-9H2/b15-13-;;;;;. The fourth-order valence-corrected chi connectivity index (χ4v) is 12.7. The van der Waals surface area contributed by atoms with Crippen LogP contribution in [0.15, 0.2) is 157 Å². The van der Waals surface area contributed by atoms with Crippen LogP contribution in [0.1, 0.15) is 149 Å². The summed E-state index contributed by atoms with van der Waals surface area (Å²) in [5.74, 6) is -2.35. The summed E-state index contributed by atoms with van der Waals surface area (Å²) in [5.41, 5.74) is 22.7. The zero-order valence-electron chi connectivity index (χ0n) is 57.5. The van der Waals surface area contributed by atoms with Crippen LogP contribution in [0, 0.1) is 0 Å². The first kappa shape index (κ1) is 74.6. The van der Waals surface area contributed by atoms with Crippen molar-refractivity contribution in [3.05, 3.63) is 179 Å². The van der Waals surface area contributed by atoms with E-state index in [9.17, 15) is 24.0 Å². The summed E-state index contributed by atoms with van der Waals surface area (Å²) in [6.07, 6.45) is 14.9. The number of rotatable bonds is 18. The van der Waals surface area contributed by atoms with Gasteiger partial charge in [0, 0.05) is 124 Å². The lowest BCUT2D eigenvalue weighted by molar-refractivity contribution is -0.145. The van der Waals surface area contributed by atoms with Gasteiger partial charge in [0.2, 0.25) is 0 Å². The fraction of sp³-hybridized carbons (Fsp3) is 0.455. The van der Waals surface area contributed by atoms with Crippen molar-refractivity contribution in [3.63, 3.8) is 0 Å². The summed E-state index contributed by atoms with van der Waals surface area (Å²) in [7, 11) is 0. The molecule has 7 aliphatic heterocycles. The van der Waals surface area contributed by atoms with E-state index >= 15 is 0 Å². The molecule has 7 saturated heterocycles. The quantitative estimate of drug-likeness (QED) is 0.0102. The smallest absolute Gasteiger partial charge is 0.407 e. The molecule has 6 aromatic carbocycles. The van der Waals surface area contributed by atoms with Gasteiger partial charge in [-0.1, -0.05) is 71.9 Å². The van der Waals surface area contributed by atoms with E-state index in [1.165, 1.54) is 113 Å². The molecule has 0 aromatic heterocycles. The molecule has 0 aliphatic carbocycles. The number of esters is 3. The molecule has 21 nitrogen and oxygen atoms in total. The average molecular weight is 1340 g/mol. The molecule has 3 unspecified atom stereocenters. The Labute approximate surface area is 578 Å². The molecule has 7 fully saturated rings. The van der Waals surface area contributed by atoms with Gasteiger partial charge >= 0.3 is 24.0 Å². The van der Waals surface area contributed by atoms with Crippen molar-refractivity contribution in [1.29, 1.82) is 0 Å². The number of ether oxygens (including phenoxy) is 4. The summed E-state index contributed by atoms with van der Waals surface area (Å²) < 4.78 is 19.3. The number of cyclic esters (lactones) is 1. The van der Waals surface area contributed by atoms with Crippen molar-refractivity contribution in [2.45, 2.75) is 116 Å². The van der Waals surface area contributed by atoms with E-state index in [0.29, 0.717) is 24.3 Å². The molecule has 7 aliphatic rings. The molecule has 3 atom stereocenters. The second-order valence-corrected chi connectivity index (χ2v) is 24.9. The summed E-state index contributed by atoms with van der Waals surface area (Å²) >= 11 is 0. The number of aliphatic hydroxyl groups is 1. The Morgan fingerprint density at radius 2 is 0.806 bits per heavy atom. The minimum absolute atomic E-state index is 0.00304. The third-order valence-electron chi connectivity index (χ3n) is 18.2. The lowest BCUT2D eigenvalue weighted by atomic mass is 10.1. The van der Waals surface area contributed by atoms with Crippen LogP contribution in [0.5, 0.6) is 0 Å². The van der Waals surface area contributed by atoms with Crippen molar-refractivity contribution >= 4 is 69.6 Å². The highest BCUT2D eigenvalue weighted by Crippen LogP contribution is 2.28. The van der Waals surface area contributed by atoms with Gasteiger partial charge in [0.1, 0.15) is 12.6 Å². The number of amides is 1. The Hall–Kier alpha value is -9.18. The third kappa shape index (κ3) is 22.4. The number of alkyl carbamates (subject to hydrolysis) is 1. The number of Topliss-reactive ketones (excluding diaryl/α,β-unsaturated/α-hetero) is 1. The molecule has 13 rings (SSSR count). The van der Waals surface area contributed by atoms with Gasteiger partial charge in [-0.05, 0) is 199 Å². The first-order valence-electron chi connectivity index (χ1n) is 35.2. The summed E-state index contributed by atoms with van der Waals surface area (Å²) in [6.45, 7) is 20.0. The van der Waals surface area contributed by atoms with E-state index in [2.05, 4.69) is 111 Å². The Kier molecular flexibility index (Phi) is 30.4. The van der Waals surface area contributed by atoms with Gasteiger partial charge in [0.05, 0.1) is 38.5 Å². The number of carbonyl (C=O) groups excluding carboxylic acids is 5. The number of anilines is 6. The van der Waals surface area contributed by atoms with Gasteiger partial charge in [-0.3, -0.25) is 4.79 Å². The number of nitrogens with two attached hydrogens (primary N) is 2. The van der Waals surface area contributed by atoms with Crippen LogP contribution in [0.25, 0.3) is 0 Å². The molecule has 0 saturated carbocycles. The maximum atomic E-state index is 11.7. The second kappa shape index (κ2) is 39.9. The third-order valence-corrected chi connectivity index (χ3v) is 18.2. The number of nitrogens with one attached hydrogen (secondary N) is 1. The van der Waals surface area contributed by atoms with Crippen LogP contribution in [0.4, 0.5) is 38.9 Å². The van der Waals surface area contributed by atoms with E-state index in [0.717, 1.165) is 93.5 Å². The highest BCUT2D eigenvalue weighted by Gasteiger charge is 2.25. The number of aliphatic hydroxyl groups excluding tert-OH is 1. The predicted octanol–water partition coefficient (Wildman–Crippen LogP) is 11.5. The van der Waals surface area contributed by atoms with Crippen molar-refractivity contribution in [1.82, 2.24) is 5.32 Å². The lowest BCUT2D eigenvalue weighted by Crippen LogP contribution is -2.24. The van der Waals surface area contributed by atoms with Gasteiger partial charge in [0.15, 0.2) is 5.71 Å². The number of hydrogen-bond acceptors (Lipinski definition) is 20. The number of hydrogen-bond donors (Lipinski definition) is 5. The highest BCUT2D eigenvalue weighted by atomic mass is 16.6. The highest BCUT2D eigenvalue weighted by molar-refractivity contribution is 6.43. The number of carbonyl (C=O) groups is 5. The van der Waals surface area contributed by atoms with E-state index in [-0.39, 0.29) is 49.7 Å². The van der Waals surface area contributed by atoms with E-state index < -0.39 is 23.8 Å². The zero-order valence-corrected chi connectivity index (χ0v) is 57.5. The number of ketones is 1. The van der Waals surface area contributed by atoms with E-state index in [4.69, 9.17) is 36.0 Å². The molecule has 7 heterocycles.